The molecule has 1 heterocycles. The van der Waals surface area contributed by atoms with Crippen LogP contribution < -0.4 is 15.0 Å². The van der Waals surface area contributed by atoms with Crippen molar-refractivity contribution < 1.29 is 32.7 Å². The van der Waals surface area contributed by atoms with E-state index in [0.29, 0.717) is 18.7 Å². The molecule has 0 saturated heterocycles. The highest BCUT2D eigenvalue weighted by molar-refractivity contribution is 5.91. The molecule has 2 N–H and O–H groups in total. The van der Waals surface area contributed by atoms with Crippen LogP contribution in [0.15, 0.2) is 48.5 Å². The summed E-state index contributed by atoms with van der Waals surface area (Å²) in [6.45, 7) is -2.30. The second kappa shape index (κ2) is 8.79. The number of amides is 1. The molecule has 0 fully saturated rings. The fourth-order valence-electron chi connectivity index (χ4n) is 3.37. The van der Waals surface area contributed by atoms with Gasteiger partial charge < -0.3 is 19.7 Å². The maximum Gasteiger partial charge on any atom is 0.387 e. The number of quaternary nitrogens is 1. The molecule has 8 heteroatoms. The number of rotatable bonds is 6. The van der Waals surface area contributed by atoms with Gasteiger partial charge in [-0.25, -0.2) is 4.79 Å². The van der Waals surface area contributed by atoms with Crippen LogP contribution in [0.3, 0.4) is 0 Å². The predicted octanol–water partition coefficient (Wildman–Crippen LogP) is 1.41. The Morgan fingerprint density at radius 1 is 1.14 bits per heavy atom. The summed E-state index contributed by atoms with van der Waals surface area (Å²) >= 11 is 0. The topological polar surface area (TPSA) is 69.1 Å². The number of methoxy groups -OCH3 is 1. The number of nitrogens with one attached hydrogen (secondary N) is 2. The molecule has 148 valence electrons. The number of ether oxygens (including phenoxy) is 2. The molecular formula is C20H21F2N2O4+. The van der Waals surface area contributed by atoms with E-state index in [-0.39, 0.29) is 24.2 Å². The summed E-state index contributed by atoms with van der Waals surface area (Å²) in [4.78, 5) is 25.5. The molecule has 0 saturated carbocycles. The van der Waals surface area contributed by atoms with Crippen LogP contribution in [-0.4, -0.2) is 38.2 Å². The number of carbonyl (C=O) groups is 2. The lowest BCUT2D eigenvalue weighted by Gasteiger charge is -2.31. The summed E-state index contributed by atoms with van der Waals surface area (Å²) in [5.41, 5.74) is 2.63. The Bertz CT molecular complexity index is 842. The SMILES string of the molecule is COC(=O)[C@@H]1Cc2ccccc2C[NH+]1CC(=O)Nc1ccc(OC(F)F)cc1. The normalized spacial score (nSPS) is 18.3. The van der Waals surface area contributed by atoms with Crippen molar-refractivity contribution in [1.29, 1.82) is 0 Å². The number of anilines is 1. The molecule has 1 unspecified atom stereocenters. The molecule has 3 rings (SSSR count). The second-order valence-electron chi connectivity index (χ2n) is 6.51. The third kappa shape index (κ3) is 4.83. The molecule has 0 spiro atoms. The van der Waals surface area contributed by atoms with Crippen molar-refractivity contribution in [2.75, 3.05) is 19.0 Å². The van der Waals surface area contributed by atoms with Gasteiger partial charge in [0.25, 0.3) is 5.91 Å². The van der Waals surface area contributed by atoms with Gasteiger partial charge in [-0.3, -0.25) is 4.79 Å². The van der Waals surface area contributed by atoms with Crippen LogP contribution in [0.2, 0.25) is 0 Å². The molecule has 2 aromatic carbocycles. The maximum atomic E-state index is 12.5. The summed E-state index contributed by atoms with van der Waals surface area (Å²) in [6, 6.07) is 13.0. The molecule has 2 atom stereocenters. The van der Waals surface area contributed by atoms with Crippen molar-refractivity contribution in [3.63, 3.8) is 0 Å². The van der Waals surface area contributed by atoms with Gasteiger partial charge in [0.1, 0.15) is 12.3 Å². The Balaban J connectivity index is 1.66. The molecule has 0 aromatic heterocycles. The number of fused-ring (bicyclic) bond motifs is 1. The monoisotopic (exact) mass is 391 g/mol. The van der Waals surface area contributed by atoms with Gasteiger partial charge in [-0.1, -0.05) is 24.3 Å². The summed E-state index contributed by atoms with van der Waals surface area (Å²) in [5.74, 6) is -0.631. The lowest BCUT2D eigenvalue weighted by molar-refractivity contribution is -0.924. The van der Waals surface area contributed by atoms with Crippen molar-refractivity contribution in [3.05, 3.63) is 59.7 Å². The van der Waals surface area contributed by atoms with E-state index < -0.39 is 12.7 Å². The Kier molecular flexibility index (Phi) is 6.20. The smallest absolute Gasteiger partial charge is 0.387 e. The predicted molar refractivity (Wildman–Crippen MR) is 97.2 cm³/mol. The zero-order valence-electron chi connectivity index (χ0n) is 15.3. The number of halogens is 2. The van der Waals surface area contributed by atoms with E-state index in [1.165, 1.54) is 31.4 Å². The summed E-state index contributed by atoms with van der Waals surface area (Å²) < 4.78 is 33.6. The van der Waals surface area contributed by atoms with E-state index in [2.05, 4.69) is 10.1 Å². The molecule has 28 heavy (non-hydrogen) atoms. The first-order valence-electron chi connectivity index (χ1n) is 8.80. The minimum atomic E-state index is -2.90. The number of hydrogen-bond acceptors (Lipinski definition) is 4. The first-order chi connectivity index (χ1) is 13.5. The Morgan fingerprint density at radius 3 is 2.46 bits per heavy atom. The van der Waals surface area contributed by atoms with Crippen LogP contribution in [0.5, 0.6) is 5.75 Å². The highest BCUT2D eigenvalue weighted by atomic mass is 19.3. The fraction of sp³-hybridized carbons (Fsp3) is 0.300. The molecule has 0 radical (unpaired) electrons. The lowest BCUT2D eigenvalue weighted by atomic mass is 9.94. The summed E-state index contributed by atoms with van der Waals surface area (Å²) in [5, 5.41) is 2.72. The standard InChI is InChI=1S/C20H20F2N2O4/c1-27-19(26)17-10-13-4-2-3-5-14(13)11-24(17)12-18(25)23-15-6-8-16(9-7-15)28-20(21)22/h2-9,17,20H,10-12H2,1H3,(H,23,25)/p+1/t17-/m0/s1. The molecule has 0 bridgehead atoms. The van der Waals surface area contributed by atoms with Crippen LogP contribution in [0.1, 0.15) is 11.1 Å². The summed E-state index contributed by atoms with van der Waals surface area (Å²) in [7, 11) is 1.34. The van der Waals surface area contributed by atoms with Gasteiger partial charge in [-0.05, 0) is 29.8 Å². The summed E-state index contributed by atoms with van der Waals surface area (Å²) in [6.07, 6.45) is 0.505. The molecule has 6 nitrogen and oxygen atoms in total. The second-order valence-corrected chi connectivity index (χ2v) is 6.51. The number of carbonyl (C=O) groups excluding carboxylic acids is 2. The quantitative estimate of drug-likeness (QED) is 0.731. The van der Waals surface area contributed by atoms with Crippen molar-refractivity contribution in [1.82, 2.24) is 0 Å². The van der Waals surface area contributed by atoms with E-state index >= 15 is 0 Å². The highest BCUT2D eigenvalue weighted by Gasteiger charge is 2.37. The number of hydrogen-bond donors (Lipinski definition) is 2. The van der Waals surface area contributed by atoms with Crippen molar-refractivity contribution in [2.24, 2.45) is 0 Å². The van der Waals surface area contributed by atoms with E-state index in [0.717, 1.165) is 16.0 Å². The van der Waals surface area contributed by atoms with Crippen LogP contribution in [0, 0.1) is 0 Å². The highest BCUT2D eigenvalue weighted by Crippen LogP contribution is 2.18. The van der Waals surface area contributed by atoms with Gasteiger partial charge >= 0.3 is 12.6 Å². The van der Waals surface area contributed by atoms with E-state index in [4.69, 9.17) is 4.74 Å². The van der Waals surface area contributed by atoms with E-state index in [1.54, 1.807) is 0 Å². The average molecular weight is 391 g/mol. The molecular weight excluding hydrogens is 370 g/mol. The molecule has 2 aromatic rings. The minimum absolute atomic E-state index is 0.0111. The van der Waals surface area contributed by atoms with Crippen LogP contribution in [-0.2, 0) is 27.3 Å². The van der Waals surface area contributed by atoms with Gasteiger partial charge in [-0.15, -0.1) is 0 Å². The minimum Gasteiger partial charge on any atom is -0.465 e. The molecule has 1 aliphatic heterocycles. The van der Waals surface area contributed by atoms with Crippen LogP contribution in [0.4, 0.5) is 14.5 Å². The zero-order chi connectivity index (χ0) is 20.1. The third-order valence-electron chi connectivity index (χ3n) is 4.69. The third-order valence-corrected chi connectivity index (χ3v) is 4.69. The number of benzene rings is 2. The molecule has 1 amide bonds. The lowest BCUT2D eigenvalue weighted by Crippen LogP contribution is -3.17. The van der Waals surface area contributed by atoms with Gasteiger partial charge in [0.15, 0.2) is 12.6 Å². The molecule has 1 aliphatic rings. The first-order valence-corrected chi connectivity index (χ1v) is 8.80. The Labute approximate surface area is 161 Å². The maximum absolute atomic E-state index is 12.5. The van der Waals surface area contributed by atoms with Crippen molar-refractivity contribution >= 4 is 17.6 Å². The zero-order valence-corrected chi connectivity index (χ0v) is 15.3. The van der Waals surface area contributed by atoms with Gasteiger partial charge in [-0.2, -0.15) is 8.78 Å². The average Bonchev–Trinajstić information content (AvgIpc) is 2.68. The van der Waals surface area contributed by atoms with Crippen molar-refractivity contribution in [3.8, 4) is 5.75 Å². The van der Waals surface area contributed by atoms with Gasteiger partial charge in [0.05, 0.1) is 7.11 Å². The molecule has 0 aliphatic carbocycles. The van der Waals surface area contributed by atoms with E-state index in [9.17, 15) is 18.4 Å². The Morgan fingerprint density at radius 2 is 1.82 bits per heavy atom. The van der Waals surface area contributed by atoms with Crippen LogP contribution >= 0.6 is 0 Å². The Hall–Kier alpha value is -3.00. The van der Waals surface area contributed by atoms with Gasteiger partial charge in [0, 0.05) is 17.7 Å². The van der Waals surface area contributed by atoms with Crippen molar-refractivity contribution in [2.45, 2.75) is 25.6 Å². The largest absolute Gasteiger partial charge is 0.465 e. The number of esters is 1. The fourth-order valence-corrected chi connectivity index (χ4v) is 3.37. The number of alkyl halides is 2. The van der Waals surface area contributed by atoms with Gasteiger partial charge in [0.2, 0.25) is 0 Å². The van der Waals surface area contributed by atoms with Crippen LogP contribution in [0.25, 0.3) is 0 Å². The van der Waals surface area contributed by atoms with E-state index in [1.807, 2.05) is 24.3 Å². The first kappa shape index (κ1) is 19.8.